The molecule has 6 nitrogen and oxygen atoms in total. The van der Waals surface area contributed by atoms with Gasteiger partial charge < -0.3 is 10.2 Å². The summed E-state index contributed by atoms with van der Waals surface area (Å²) in [4.78, 5) is 43.5. The molecule has 158 valence electrons. The van der Waals surface area contributed by atoms with E-state index in [9.17, 15) is 14.4 Å². The SMILES string of the molecule is C[C@@H]1C[C@H](C)CN(C(=O)c2cc(Cl)ccc2NC(=O)CCC(=O)c2cccnc2)C1. The maximum atomic E-state index is 13.2. The van der Waals surface area contributed by atoms with Crippen LogP contribution >= 0.6 is 11.6 Å². The van der Waals surface area contributed by atoms with Crippen molar-refractivity contribution in [2.45, 2.75) is 33.1 Å². The average molecular weight is 428 g/mol. The van der Waals surface area contributed by atoms with Crippen LogP contribution in [-0.4, -0.2) is 40.6 Å². The molecule has 0 spiro atoms. The lowest BCUT2D eigenvalue weighted by molar-refractivity contribution is -0.116. The van der Waals surface area contributed by atoms with Gasteiger partial charge in [-0.1, -0.05) is 25.4 Å². The number of halogens is 1. The Balaban J connectivity index is 1.68. The molecule has 2 aromatic rings. The third-order valence-corrected chi connectivity index (χ3v) is 5.44. The van der Waals surface area contributed by atoms with Gasteiger partial charge in [-0.2, -0.15) is 0 Å². The zero-order chi connectivity index (χ0) is 21.7. The molecule has 0 unspecified atom stereocenters. The number of likely N-dealkylation sites (tertiary alicyclic amines) is 1. The van der Waals surface area contributed by atoms with Crippen LogP contribution in [0.25, 0.3) is 0 Å². The normalized spacial score (nSPS) is 18.7. The number of rotatable bonds is 6. The number of piperidine rings is 1. The van der Waals surface area contributed by atoms with Crippen LogP contribution in [0.1, 0.15) is 53.8 Å². The summed E-state index contributed by atoms with van der Waals surface area (Å²) in [6.45, 7) is 5.64. The molecule has 0 saturated carbocycles. The zero-order valence-corrected chi connectivity index (χ0v) is 18.0. The lowest BCUT2D eigenvalue weighted by atomic mass is 9.91. The number of hydrogen-bond donors (Lipinski definition) is 1. The van der Waals surface area contributed by atoms with E-state index < -0.39 is 0 Å². The monoisotopic (exact) mass is 427 g/mol. The summed E-state index contributed by atoms with van der Waals surface area (Å²) < 4.78 is 0. The molecule has 1 fully saturated rings. The molecule has 1 aromatic heterocycles. The van der Waals surface area contributed by atoms with Gasteiger partial charge >= 0.3 is 0 Å². The van der Waals surface area contributed by atoms with Crippen molar-refractivity contribution in [1.29, 1.82) is 0 Å². The van der Waals surface area contributed by atoms with Gasteiger partial charge in [-0.05, 0) is 48.6 Å². The first-order chi connectivity index (χ1) is 14.3. The summed E-state index contributed by atoms with van der Waals surface area (Å²) in [5, 5.41) is 3.21. The number of anilines is 1. The van der Waals surface area contributed by atoms with E-state index in [-0.39, 0.29) is 30.4 Å². The fourth-order valence-corrected chi connectivity index (χ4v) is 4.09. The Kier molecular flexibility index (Phi) is 7.21. The van der Waals surface area contributed by atoms with Crippen LogP contribution in [-0.2, 0) is 4.79 Å². The number of ketones is 1. The van der Waals surface area contributed by atoms with Crippen molar-refractivity contribution in [2.75, 3.05) is 18.4 Å². The number of carbonyl (C=O) groups excluding carboxylic acids is 3. The fourth-order valence-electron chi connectivity index (χ4n) is 3.91. The number of hydrogen-bond acceptors (Lipinski definition) is 4. The van der Waals surface area contributed by atoms with Crippen molar-refractivity contribution in [3.63, 3.8) is 0 Å². The van der Waals surface area contributed by atoms with Gasteiger partial charge in [0.15, 0.2) is 5.78 Å². The van der Waals surface area contributed by atoms with E-state index in [0.29, 0.717) is 46.8 Å². The zero-order valence-electron chi connectivity index (χ0n) is 17.2. The molecule has 1 aromatic carbocycles. The smallest absolute Gasteiger partial charge is 0.256 e. The largest absolute Gasteiger partial charge is 0.338 e. The van der Waals surface area contributed by atoms with Gasteiger partial charge in [-0.3, -0.25) is 19.4 Å². The Morgan fingerprint density at radius 1 is 1.13 bits per heavy atom. The molecule has 2 atom stereocenters. The van der Waals surface area contributed by atoms with Crippen LogP contribution in [0, 0.1) is 11.8 Å². The van der Waals surface area contributed by atoms with E-state index >= 15 is 0 Å². The quantitative estimate of drug-likeness (QED) is 0.690. The van der Waals surface area contributed by atoms with Gasteiger partial charge in [0, 0.05) is 48.9 Å². The molecule has 0 radical (unpaired) electrons. The Bertz CT molecular complexity index is 923. The van der Waals surface area contributed by atoms with Gasteiger partial charge in [-0.15, -0.1) is 0 Å². The van der Waals surface area contributed by atoms with Crippen LogP contribution in [0.2, 0.25) is 5.02 Å². The van der Waals surface area contributed by atoms with Gasteiger partial charge in [0.25, 0.3) is 5.91 Å². The van der Waals surface area contributed by atoms with Crippen molar-refractivity contribution in [2.24, 2.45) is 11.8 Å². The third kappa shape index (κ3) is 5.66. The van der Waals surface area contributed by atoms with Crippen molar-refractivity contribution in [1.82, 2.24) is 9.88 Å². The van der Waals surface area contributed by atoms with Crippen molar-refractivity contribution in [3.8, 4) is 0 Å². The topological polar surface area (TPSA) is 79.4 Å². The lowest BCUT2D eigenvalue weighted by Gasteiger charge is -2.35. The number of nitrogens with zero attached hydrogens (tertiary/aromatic N) is 2. The second-order valence-electron chi connectivity index (χ2n) is 8.06. The highest BCUT2D eigenvalue weighted by Gasteiger charge is 2.28. The summed E-state index contributed by atoms with van der Waals surface area (Å²) in [6, 6.07) is 8.21. The number of amides is 2. The predicted octanol–water partition coefficient (Wildman–Crippen LogP) is 4.45. The van der Waals surface area contributed by atoms with E-state index in [1.807, 2.05) is 4.90 Å². The van der Waals surface area contributed by atoms with Crippen LogP contribution in [0.15, 0.2) is 42.7 Å². The number of nitrogens with one attached hydrogen (secondary N) is 1. The molecular weight excluding hydrogens is 402 g/mol. The van der Waals surface area contributed by atoms with Gasteiger partial charge in [0.2, 0.25) is 5.91 Å². The molecule has 2 heterocycles. The molecule has 0 bridgehead atoms. The number of Topliss-reactive ketones (excluding diaryl/α,β-unsaturated/α-hetero) is 1. The van der Waals surface area contributed by atoms with Crippen molar-refractivity contribution >= 4 is 34.9 Å². The Labute approximate surface area is 181 Å². The van der Waals surface area contributed by atoms with Crippen molar-refractivity contribution < 1.29 is 14.4 Å². The number of aromatic nitrogens is 1. The van der Waals surface area contributed by atoms with E-state index in [2.05, 4.69) is 24.1 Å². The third-order valence-electron chi connectivity index (χ3n) is 5.20. The molecule has 2 amide bonds. The molecule has 1 aliphatic heterocycles. The maximum Gasteiger partial charge on any atom is 0.256 e. The predicted molar refractivity (Wildman–Crippen MR) is 117 cm³/mol. The maximum absolute atomic E-state index is 13.2. The van der Waals surface area contributed by atoms with Gasteiger partial charge in [0.1, 0.15) is 0 Å². The Hall–Kier alpha value is -2.73. The van der Waals surface area contributed by atoms with E-state index in [1.54, 1.807) is 36.5 Å². The molecule has 3 rings (SSSR count). The highest BCUT2D eigenvalue weighted by Crippen LogP contribution is 2.27. The molecule has 0 aliphatic carbocycles. The number of pyridine rings is 1. The number of benzene rings is 1. The minimum Gasteiger partial charge on any atom is -0.338 e. The van der Waals surface area contributed by atoms with E-state index in [4.69, 9.17) is 11.6 Å². The fraction of sp³-hybridized carbons (Fsp3) is 0.391. The molecule has 30 heavy (non-hydrogen) atoms. The van der Waals surface area contributed by atoms with E-state index in [0.717, 1.165) is 6.42 Å². The summed E-state index contributed by atoms with van der Waals surface area (Å²) in [5.74, 6) is 0.227. The summed E-state index contributed by atoms with van der Waals surface area (Å²) >= 11 is 6.13. The van der Waals surface area contributed by atoms with Crippen molar-refractivity contribution in [3.05, 3.63) is 58.9 Å². The number of carbonyl (C=O) groups is 3. The highest BCUT2D eigenvalue weighted by molar-refractivity contribution is 6.31. The van der Waals surface area contributed by atoms with Gasteiger partial charge in [-0.25, -0.2) is 0 Å². The first-order valence-corrected chi connectivity index (χ1v) is 10.5. The lowest BCUT2D eigenvalue weighted by Crippen LogP contribution is -2.42. The molecule has 1 N–H and O–H groups in total. The van der Waals surface area contributed by atoms with Crippen LogP contribution < -0.4 is 5.32 Å². The summed E-state index contributed by atoms with van der Waals surface area (Å²) in [6.07, 6.45) is 4.24. The Morgan fingerprint density at radius 3 is 2.53 bits per heavy atom. The molecule has 1 aliphatic rings. The first-order valence-electron chi connectivity index (χ1n) is 10.2. The van der Waals surface area contributed by atoms with Crippen LogP contribution in [0.3, 0.4) is 0 Å². The van der Waals surface area contributed by atoms with E-state index in [1.165, 1.54) is 6.20 Å². The van der Waals surface area contributed by atoms with Gasteiger partial charge in [0.05, 0.1) is 11.3 Å². The standard InChI is InChI=1S/C23H26ClN3O3/c1-15-10-16(2)14-27(13-15)23(30)19-11-18(24)5-6-20(19)26-22(29)8-7-21(28)17-4-3-9-25-12-17/h3-6,9,11-12,15-16H,7-8,10,13-14H2,1-2H3,(H,26,29)/t15-,16+. The Morgan fingerprint density at radius 2 is 1.87 bits per heavy atom. The minimum absolute atomic E-state index is 0.0156. The average Bonchev–Trinajstić information content (AvgIpc) is 2.72. The van der Waals surface area contributed by atoms with Crippen LogP contribution in [0.5, 0.6) is 0 Å². The highest BCUT2D eigenvalue weighted by atomic mass is 35.5. The van der Waals surface area contributed by atoms with Crippen LogP contribution in [0.4, 0.5) is 5.69 Å². The summed E-state index contributed by atoms with van der Waals surface area (Å²) in [7, 11) is 0. The summed E-state index contributed by atoms with van der Waals surface area (Å²) in [5.41, 5.74) is 1.26. The molecule has 7 heteroatoms. The first kappa shape index (κ1) is 22.0. The molecule has 1 saturated heterocycles. The minimum atomic E-state index is -0.330. The second kappa shape index (κ2) is 9.85. The molecular formula is C23H26ClN3O3. The second-order valence-corrected chi connectivity index (χ2v) is 8.50.